The van der Waals surface area contributed by atoms with Crippen LogP contribution >= 0.6 is 0 Å². The molecule has 8 rings (SSSR count). The molecule has 2 aliphatic heterocycles. The number of carbonyl (C=O) groups excluding carboxylic acids is 1. The maximum atomic E-state index is 12.9. The smallest absolute Gasteiger partial charge is 0.335 e. The highest BCUT2D eigenvalue weighted by molar-refractivity contribution is 5.95. The molecule has 0 atom stereocenters. The second-order valence-corrected chi connectivity index (χ2v) is 12.2. The molecule has 15 heteroatoms. The molecular formula is C38H40N10O5. The van der Waals surface area contributed by atoms with Crippen molar-refractivity contribution in [2.24, 2.45) is 0 Å². The summed E-state index contributed by atoms with van der Waals surface area (Å²) >= 11 is 0. The number of amides is 1. The van der Waals surface area contributed by atoms with Crippen molar-refractivity contribution in [2.75, 3.05) is 62.2 Å². The molecular weight excluding hydrogens is 676 g/mol. The molecule has 1 amide bonds. The van der Waals surface area contributed by atoms with Crippen molar-refractivity contribution in [3.05, 3.63) is 120 Å². The average molecular weight is 717 g/mol. The molecule has 2 N–H and O–H groups in total. The average Bonchev–Trinajstić information content (AvgIpc) is 3.87. The first kappa shape index (κ1) is 36.3. The topological polar surface area (TPSA) is 180 Å². The van der Waals surface area contributed by atoms with Crippen LogP contribution in [0.1, 0.15) is 32.5 Å². The molecule has 2 fully saturated rings. The van der Waals surface area contributed by atoms with Crippen molar-refractivity contribution >= 4 is 23.3 Å². The molecule has 2 aliphatic rings. The number of carbonyl (C=O) groups is 2. The number of piperazine rings is 2. The van der Waals surface area contributed by atoms with Crippen LogP contribution in [0.25, 0.3) is 22.8 Å². The molecule has 0 spiro atoms. The predicted molar refractivity (Wildman–Crippen MR) is 198 cm³/mol. The van der Waals surface area contributed by atoms with Crippen LogP contribution in [0.2, 0.25) is 0 Å². The summed E-state index contributed by atoms with van der Waals surface area (Å²) < 4.78 is 9.83. The number of pyridine rings is 2. The lowest BCUT2D eigenvalue weighted by Gasteiger charge is -2.36. The van der Waals surface area contributed by atoms with Gasteiger partial charge in [-0.15, -0.1) is 0 Å². The summed E-state index contributed by atoms with van der Waals surface area (Å²) in [5.41, 5.74) is 4.58. The van der Waals surface area contributed by atoms with Crippen molar-refractivity contribution in [1.82, 2.24) is 40.5 Å². The fourth-order valence-electron chi connectivity index (χ4n) is 5.77. The Morgan fingerprint density at radius 1 is 0.660 bits per heavy atom. The third-order valence-corrected chi connectivity index (χ3v) is 8.50. The van der Waals surface area contributed by atoms with E-state index in [9.17, 15) is 9.59 Å². The van der Waals surface area contributed by atoms with E-state index in [2.05, 4.69) is 51.4 Å². The van der Waals surface area contributed by atoms with Crippen molar-refractivity contribution < 1.29 is 23.7 Å². The van der Waals surface area contributed by atoms with Gasteiger partial charge in [-0.05, 0) is 48.5 Å². The highest BCUT2D eigenvalue weighted by Gasteiger charge is 2.23. The minimum Gasteiger partial charge on any atom is -0.478 e. The van der Waals surface area contributed by atoms with E-state index in [0.717, 1.165) is 50.5 Å². The summed E-state index contributed by atoms with van der Waals surface area (Å²) in [5, 5.41) is 19.7. The van der Waals surface area contributed by atoms with Crippen LogP contribution in [-0.4, -0.2) is 104 Å². The number of benzene rings is 2. The SMILES string of the molecule is Cc1nc(-c2cccc(C(=O)N3CCN(c4cccnc4)CC3)c2)no1.Cc1nc(-c2cccc(C(=O)O)c2)no1.c1cncc(N2CCNCC2)c1. The van der Waals surface area contributed by atoms with E-state index >= 15 is 0 Å². The molecule has 6 aromatic rings. The zero-order valence-electron chi connectivity index (χ0n) is 29.5. The van der Waals surface area contributed by atoms with Gasteiger partial charge in [-0.3, -0.25) is 14.8 Å². The summed E-state index contributed by atoms with van der Waals surface area (Å²) in [5.74, 6) is 0.901. The zero-order valence-corrected chi connectivity index (χ0v) is 29.5. The van der Waals surface area contributed by atoms with Gasteiger partial charge in [0, 0.05) is 95.3 Å². The van der Waals surface area contributed by atoms with Crippen LogP contribution in [0.3, 0.4) is 0 Å². The fraction of sp³-hybridized carbons (Fsp3) is 0.263. The van der Waals surface area contributed by atoms with Crippen LogP contribution in [0, 0.1) is 13.8 Å². The van der Waals surface area contributed by atoms with Crippen molar-refractivity contribution in [2.45, 2.75) is 13.8 Å². The minimum absolute atomic E-state index is 0.0258. The van der Waals surface area contributed by atoms with Gasteiger partial charge >= 0.3 is 5.97 Å². The van der Waals surface area contributed by atoms with Gasteiger partial charge in [-0.25, -0.2) is 4.79 Å². The second kappa shape index (κ2) is 17.6. The van der Waals surface area contributed by atoms with Crippen molar-refractivity contribution in [3.63, 3.8) is 0 Å². The molecule has 4 aromatic heterocycles. The number of aryl methyl sites for hydroxylation is 2. The second-order valence-electron chi connectivity index (χ2n) is 12.2. The first-order valence-electron chi connectivity index (χ1n) is 17.2. The molecule has 15 nitrogen and oxygen atoms in total. The maximum absolute atomic E-state index is 12.9. The van der Waals surface area contributed by atoms with E-state index in [1.165, 1.54) is 17.8 Å². The van der Waals surface area contributed by atoms with Crippen LogP contribution in [0.4, 0.5) is 11.4 Å². The van der Waals surface area contributed by atoms with E-state index in [0.29, 0.717) is 47.6 Å². The van der Waals surface area contributed by atoms with Crippen LogP contribution in [0.15, 0.2) is 107 Å². The Labute approximate surface area is 306 Å². The van der Waals surface area contributed by atoms with E-state index < -0.39 is 5.97 Å². The van der Waals surface area contributed by atoms with Gasteiger partial charge in [-0.1, -0.05) is 34.6 Å². The third kappa shape index (κ3) is 9.86. The first-order valence-corrected chi connectivity index (χ1v) is 17.2. The standard InChI is InChI=1S/C19H19N5O2.C10H8N2O3.C9H13N3/c1-14-21-18(22-26-14)15-4-2-5-16(12-15)19(25)24-10-8-23(9-11-24)17-6-3-7-20-13-17;1-6-11-9(12-15-6)7-3-2-4-8(5-7)10(13)14;1-2-9(8-11-3-1)12-6-4-10-5-7-12/h2-7,12-13H,8-11H2,1H3;2-5H,1H3,(H,13,14);1-3,8,10H,4-7H2. The summed E-state index contributed by atoms with van der Waals surface area (Å²) in [4.78, 5) is 46.6. The maximum Gasteiger partial charge on any atom is 0.335 e. The van der Waals surface area contributed by atoms with Crippen LogP contribution in [-0.2, 0) is 0 Å². The van der Waals surface area contributed by atoms with E-state index in [1.54, 1.807) is 32.2 Å². The number of nitrogens with zero attached hydrogens (tertiary/aromatic N) is 9. The number of nitrogens with one attached hydrogen (secondary N) is 1. The molecule has 0 saturated carbocycles. The number of carboxylic acids is 1. The van der Waals surface area contributed by atoms with Gasteiger partial charge in [0.25, 0.3) is 5.91 Å². The minimum atomic E-state index is -0.975. The third-order valence-electron chi connectivity index (χ3n) is 8.50. The number of hydrogen-bond donors (Lipinski definition) is 2. The summed E-state index contributed by atoms with van der Waals surface area (Å²) in [6.45, 7) is 10.7. The fourth-order valence-corrected chi connectivity index (χ4v) is 5.77. The van der Waals surface area contributed by atoms with Gasteiger partial charge in [0.1, 0.15) is 0 Å². The predicted octanol–water partition coefficient (Wildman–Crippen LogP) is 4.64. The molecule has 0 unspecified atom stereocenters. The zero-order chi connectivity index (χ0) is 37.0. The highest BCUT2D eigenvalue weighted by Crippen LogP contribution is 2.21. The monoisotopic (exact) mass is 716 g/mol. The number of aromatic carboxylic acids is 1. The molecule has 2 saturated heterocycles. The molecule has 272 valence electrons. The van der Waals surface area contributed by atoms with E-state index in [4.69, 9.17) is 14.2 Å². The first-order chi connectivity index (χ1) is 25.8. The Hall–Kier alpha value is -6.48. The van der Waals surface area contributed by atoms with Gasteiger partial charge in [-0.2, -0.15) is 9.97 Å². The van der Waals surface area contributed by atoms with Gasteiger partial charge in [0.2, 0.25) is 23.4 Å². The van der Waals surface area contributed by atoms with Crippen LogP contribution in [0.5, 0.6) is 0 Å². The Morgan fingerprint density at radius 3 is 1.64 bits per heavy atom. The quantitative estimate of drug-likeness (QED) is 0.243. The molecule has 0 aliphatic carbocycles. The number of rotatable bonds is 6. The largest absolute Gasteiger partial charge is 0.478 e. The molecule has 6 heterocycles. The van der Waals surface area contributed by atoms with Crippen LogP contribution < -0.4 is 15.1 Å². The lowest BCUT2D eigenvalue weighted by molar-refractivity contribution is 0.0695. The van der Waals surface area contributed by atoms with Gasteiger partial charge in [0.15, 0.2) is 0 Å². The van der Waals surface area contributed by atoms with Crippen molar-refractivity contribution in [1.29, 1.82) is 0 Å². The Balaban J connectivity index is 0.000000150. The number of carboxylic acid groups (broad SMARTS) is 1. The number of aromatic nitrogens is 6. The molecule has 0 bridgehead atoms. The number of anilines is 2. The lowest BCUT2D eigenvalue weighted by atomic mass is 10.1. The molecule has 2 aromatic carbocycles. The Kier molecular flexibility index (Phi) is 12.1. The van der Waals surface area contributed by atoms with Crippen molar-refractivity contribution in [3.8, 4) is 22.8 Å². The normalized spacial score (nSPS) is 14.0. The summed E-state index contributed by atoms with van der Waals surface area (Å²) in [6, 6.07) is 21.8. The molecule has 53 heavy (non-hydrogen) atoms. The van der Waals surface area contributed by atoms with E-state index in [1.807, 2.05) is 66.0 Å². The Morgan fingerprint density at radius 2 is 1.17 bits per heavy atom. The number of hydrogen-bond acceptors (Lipinski definition) is 13. The summed E-state index contributed by atoms with van der Waals surface area (Å²) in [7, 11) is 0. The molecule has 0 radical (unpaired) electrons. The van der Waals surface area contributed by atoms with Gasteiger partial charge < -0.3 is 34.2 Å². The summed E-state index contributed by atoms with van der Waals surface area (Å²) in [6.07, 6.45) is 7.35. The highest BCUT2D eigenvalue weighted by atomic mass is 16.5. The van der Waals surface area contributed by atoms with Gasteiger partial charge in [0.05, 0.1) is 29.3 Å². The lowest BCUT2D eigenvalue weighted by Crippen LogP contribution is -2.48. The van der Waals surface area contributed by atoms with E-state index in [-0.39, 0.29) is 11.5 Å². The Bertz CT molecular complexity index is 2080.